The van der Waals surface area contributed by atoms with E-state index < -0.39 is 12.1 Å². The zero-order valence-corrected chi connectivity index (χ0v) is 20.5. The van der Waals surface area contributed by atoms with Crippen molar-refractivity contribution in [3.63, 3.8) is 0 Å². The monoisotopic (exact) mass is 515 g/mol. The number of rotatable bonds is 6. The SMILES string of the molecule is Cc1cc(N(C)C)nc(NC2CCC(CNC(=O)c3ccc(Cl)cc3)CC2)n1.O=C(O)C(F)(F)F. The van der Waals surface area contributed by atoms with Gasteiger partial charge in [-0.05, 0) is 62.8 Å². The first kappa shape index (κ1) is 28.2. The van der Waals surface area contributed by atoms with Crippen LogP contribution in [-0.2, 0) is 4.79 Å². The van der Waals surface area contributed by atoms with E-state index in [1.54, 1.807) is 24.3 Å². The second kappa shape index (κ2) is 12.6. The third kappa shape index (κ3) is 9.59. The van der Waals surface area contributed by atoms with Gasteiger partial charge in [0.05, 0.1) is 0 Å². The van der Waals surface area contributed by atoms with Crippen LogP contribution in [0.15, 0.2) is 30.3 Å². The Bertz CT molecular complexity index is 995. The van der Waals surface area contributed by atoms with E-state index in [-0.39, 0.29) is 5.91 Å². The molecule has 1 aliphatic rings. The number of amides is 1. The van der Waals surface area contributed by atoms with E-state index in [1.807, 2.05) is 32.0 Å². The summed E-state index contributed by atoms with van der Waals surface area (Å²) in [5, 5.41) is 14.3. The van der Waals surface area contributed by atoms with Crippen LogP contribution in [0.3, 0.4) is 0 Å². The van der Waals surface area contributed by atoms with Gasteiger partial charge in [-0.2, -0.15) is 18.2 Å². The second-order valence-electron chi connectivity index (χ2n) is 8.47. The number of carboxylic acid groups (broad SMARTS) is 1. The molecule has 0 saturated heterocycles. The molecule has 1 aromatic carbocycles. The normalized spacial score (nSPS) is 17.6. The maximum absolute atomic E-state index is 12.2. The van der Waals surface area contributed by atoms with Crippen molar-refractivity contribution in [2.75, 3.05) is 30.9 Å². The second-order valence-corrected chi connectivity index (χ2v) is 8.90. The van der Waals surface area contributed by atoms with Crippen LogP contribution in [0.25, 0.3) is 0 Å². The number of nitrogens with one attached hydrogen (secondary N) is 2. The summed E-state index contributed by atoms with van der Waals surface area (Å²) in [5.74, 6) is -0.685. The largest absolute Gasteiger partial charge is 0.490 e. The number of benzene rings is 1. The van der Waals surface area contributed by atoms with E-state index in [0.717, 1.165) is 37.2 Å². The minimum Gasteiger partial charge on any atom is -0.475 e. The van der Waals surface area contributed by atoms with Gasteiger partial charge in [0.1, 0.15) is 5.82 Å². The van der Waals surface area contributed by atoms with Gasteiger partial charge in [0, 0.05) is 49.0 Å². The predicted octanol–water partition coefficient (Wildman–Crippen LogP) is 4.54. The Hall–Kier alpha value is -3.08. The molecule has 1 heterocycles. The zero-order valence-electron chi connectivity index (χ0n) is 19.7. The average molecular weight is 516 g/mol. The molecule has 1 fully saturated rings. The Morgan fingerprint density at radius 2 is 1.69 bits per heavy atom. The number of hydrogen-bond acceptors (Lipinski definition) is 6. The Morgan fingerprint density at radius 1 is 1.11 bits per heavy atom. The first-order valence-electron chi connectivity index (χ1n) is 11.0. The van der Waals surface area contributed by atoms with Crippen LogP contribution in [-0.4, -0.2) is 59.8 Å². The maximum Gasteiger partial charge on any atom is 0.490 e. The van der Waals surface area contributed by atoms with E-state index in [4.69, 9.17) is 21.5 Å². The molecule has 3 N–H and O–H groups in total. The summed E-state index contributed by atoms with van der Waals surface area (Å²) in [6.07, 6.45) is -0.831. The summed E-state index contributed by atoms with van der Waals surface area (Å²) in [6, 6.07) is 9.33. The lowest BCUT2D eigenvalue weighted by atomic mass is 9.86. The van der Waals surface area contributed by atoms with Gasteiger partial charge in [-0.15, -0.1) is 0 Å². The Labute approximate surface area is 206 Å². The molecular formula is C23H29ClF3N5O3. The number of carboxylic acids is 1. The highest BCUT2D eigenvalue weighted by Crippen LogP contribution is 2.26. The van der Waals surface area contributed by atoms with Gasteiger partial charge in [-0.25, -0.2) is 9.78 Å². The van der Waals surface area contributed by atoms with Gasteiger partial charge < -0.3 is 20.6 Å². The molecule has 1 saturated carbocycles. The number of carbonyl (C=O) groups excluding carboxylic acids is 1. The van der Waals surface area contributed by atoms with Crippen LogP contribution in [0.1, 0.15) is 41.7 Å². The van der Waals surface area contributed by atoms with Crippen LogP contribution >= 0.6 is 11.6 Å². The molecule has 1 aromatic heterocycles. The molecule has 0 unspecified atom stereocenters. The van der Waals surface area contributed by atoms with Crippen LogP contribution in [0.2, 0.25) is 5.02 Å². The molecule has 192 valence electrons. The van der Waals surface area contributed by atoms with Crippen molar-refractivity contribution in [3.05, 3.63) is 46.6 Å². The number of aromatic nitrogens is 2. The zero-order chi connectivity index (χ0) is 26.2. The van der Waals surface area contributed by atoms with Crippen molar-refractivity contribution in [1.82, 2.24) is 15.3 Å². The molecular weight excluding hydrogens is 487 g/mol. The Morgan fingerprint density at radius 3 is 2.20 bits per heavy atom. The first-order valence-corrected chi connectivity index (χ1v) is 11.4. The smallest absolute Gasteiger partial charge is 0.475 e. The Balaban J connectivity index is 0.000000540. The summed E-state index contributed by atoms with van der Waals surface area (Å²) in [7, 11) is 3.96. The van der Waals surface area contributed by atoms with Crippen molar-refractivity contribution in [3.8, 4) is 0 Å². The summed E-state index contributed by atoms with van der Waals surface area (Å²) in [6.45, 7) is 2.69. The van der Waals surface area contributed by atoms with Crippen molar-refractivity contribution in [2.24, 2.45) is 5.92 Å². The number of nitrogens with zero attached hydrogens (tertiary/aromatic N) is 3. The molecule has 2 aromatic rings. The Kier molecular flexibility index (Phi) is 10.1. The summed E-state index contributed by atoms with van der Waals surface area (Å²) in [5.41, 5.74) is 1.60. The van der Waals surface area contributed by atoms with Crippen molar-refractivity contribution < 1.29 is 27.9 Å². The third-order valence-electron chi connectivity index (χ3n) is 5.38. The number of halogens is 4. The first-order chi connectivity index (χ1) is 16.3. The van der Waals surface area contributed by atoms with E-state index in [2.05, 4.69) is 20.6 Å². The highest BCUT2D eigenvalue weighted by Gasteiger charge is 2.38. The van der Waals surface area contributed by atoms with Gasteiger partial charge >= 0.3 is 12.1 Å². The molecule has 8 nitrogen and oxygen atoms in total. The number of carbonyl (C=O) groups is 2. The molecule has 1 aliphatic carbocycles. The molecule has 3 rings (SSSR count). The summed E-state index contributed by atoms with van der Waals surface area (Å²) >= 11 is 5.87. The van der Waals surface area contributed by atoms with Crippen LogP contribution in [0.5, 0.6) is 0 Å². The minimum atomic E-state index is -5.08. The van der Waals surface area contributed by atoms with E-state index in [9.17, 15) is 18.0 Å². The molecule has 0 atom stereocenters. The standard InChI is InChI=1S/C21H28ClN5O.C2HF3O2/c1-14-12-19(27(2)3)26-21(24-14)25-18-10-4-15(5-11-18)13-23-20(28)16-6-8-17(22)9-7-16;3-2(4,5)1(6)7/h6-9,12,15,18H,4-5,10-11,13H2,1-3H3,(H,23,28)(H,24,25,26);(H,6,7). The number of hydrogen-bond donors (Lipinski definition) is 3. The van der Waals surface area contributed by atoms with Gasteiger partial charge in [0.15, 0.2) is 0 Å². The minimum absolute atomic E-state index is 0.0405. The van der Waals surface area contributed by atoms with Gasteiger partial charge in [0.25, 0.3) is 5.91 Å². The van der Waals surface area contributed by atoms with E-state index in [1.165, 1.54) is 0 Å². The van der Waals surface area contributed by atoms with Crippen LogP contribution in [0.4, 0.5) is 24.9 Å². The summed E-state index contributed by atoms with van der Waals surface area (Å²) in [4.78, 5) is 32.2. The van der Waals surface area contributed by atoms with Gasteiger partial charge in [-0.1, -0.05) is 11.6 Å². The lowest BCUT2D eigenvalue weighted by Crippen LogP contribution is -2.34. The van der Waals surface area contributed by atoms with Crippen molar-refractivity contribution >= 4 is 35.2 Å². The molecule has 0 bridgehead atoms. The molecule has 0 aliphatic heterocycles. The highest BCUT2D eigenvalue weighted by atomic mass is 35.5. The van der Waals surface area contributed by atoms with Crippen molar-refractivity contribution in [2.45, 2.75) is 44.8 Å². The average Bonchev–Trinajstić information content (AvgIpc) is 2.78. The highest BCUT2D eigenvalue weighted by molar-refractivity contribution is 6.30. The maximum atomic E-state index is 12.2. The lowest BCUT2D eigenvalue weighted by Gasteiger charge is -2.29. The third-order valence-corrected chi connectivity index (χ3v) is 5.63. The molecule has 35 heavy (non-hydrogen) atoms. The number of aliphatic carboxylic acids is 1. The van der Waals surface area contributed by atoms with Gasteiger partial charge in [0.2, 0.25) is 5.95 Å². The predicted molar refractivity (Wildman–Crippen MR) is 128 cm³/mol. The van der Waals surface area contributed by atoms with Crippen molar-refractivity contribution in [1.29, 1.82) is 0 Å². The van der Waals surface area contributed by atoms with Crippen LogP contribution < -0.4 is 15.5 Å². The molecule has 1 amide bonds. The molecule has 0 radical (unpaired) electrons. The molecule has 0 spiro atoms. The topological polar surface area (TPSA) is 107 Å². The summed E-state index contributed by atoms with van der Waals surface area (Å²) < 4.78 is 31.7. The fourth-order valence-electron chi connectivity index (χ4n) is 3.48. The quantitative estimate of drug-likeness (QED) is 0.518. The fraction of sp³-hybridized carbons (Fsp3) is 0.478. The number of alkyl halides is 3. The van der Waals surface area contributed by atoms with E-state index in [0.29, 0.717) is 35.0 Å². The van der Waals surface area contributed by atoms with E-state index >= 15 is 0 Å². The lowest BCUT2D eigenvalue weighted by molar-refractivity contribution is -0.192. The van der Waals surface area contributed by atoms with Crippen LogP contribution in [0, 0.1) is 12.8 Å². The molecule has 12 heteroatoms. The number of anilines is 2. The van der Waals surface area contributed by atoms with Gasteiger partial charge in [-0.3, -0.25) is 4.79 Å². The number of aryl methyl sites for hydroxylation is 1. The fourth-order valence-corrected chi connectivity index (χ4v) is 3.61.